The minimum atomic E-state index is -0.400. The van der Waals surface area contributed by atoms with Crippen LogP contribution in [0.3, 0.4) is 0 Å². The van der Waals surface area contributed by atoms with Crippen molar-refractivity contribution in [1.82, 2.24) is 9.55 Å². The standard InChI is InChI=1S/C24H20N2O4/c1-3-30-24(28)17-8-12-18(13-9-17)26-22(16-10-14-19(29-2)15-11-16)25-21-7-5-4-6-20(21)23(26)27/h4-15H,3H2,1-2H3. The van der Waals surface area contributed by atoms with Gasteiger partial charge in [0.25, 0.3) is 5.56 Å². The lowest BCUT2D eigenvalue weighted by Gasteiger charge is -2.14. The third kappa shape index (κ3) is 3.55. The van der Waals surface area contributed by atoms with Gasteiger partial charge in [-0.25, -0.2) is 9.78 Å². The van der Waals surface area contributed by atoms with Gasteiger partial charge in [0.05, 0.1) is 35.9 Å². The average Bonchev–Trinajstić information content (AvgIpc) is 2.79. The van der Waals surface area contributed by atoms with E-state index in [9.17, 15) is 9.59 Å². The first-order valence-electron chi connectivity index (χ1n) is 9.56. The fraction of sp³-hybridized carbons (Fsp3) is 0.125. The summed E-state index contributed by atoms with van der Waals surface area (Å²) in [6, 6.07) is 21.3. The molecule has 0 fully saturated rings. The van der Waals surface area contributed by atoms with Crippen LogP contribution in [0.15, 0.2) is 77.6 Å². The van der Waals surface area contributed by atoms with Crippen LogP contribution in [0.1, 0.15) is 17.3 Å². The summed E-state index contributed by atoms with van der Waals surface area (Å²) in [6.45, 7) is 2.06. The zero-order valence-electron chi connectivity index (χ0n) is 16.7. The van der Waals surface area contributed by atoms with Gasteiger partial charge in [0.1, 0.15) is 11.6 Å². The van der Waals surface area contributed by atoms with Crippen LogP contribution in [0.5, 0.6) is 5.75 Å². The molecule has 0 radical (unpaired) electrons. The Kier molecular flexibility index (Phi) is 5.30. The maximum atomic E-state index is 13.4. The number of methoxy groups -OCH3 is 1. The Morgan fingerprint density at radius 1 is 0.967 bits per heavy atom. The van der Waals surface area contributed by atoms with Crippen molar-refractivity contribution >= 4 is 16.9 Å². The van der Waals surface area contributed by atoms with Crippen LogP contribution in [0.4, 0.5) is 0 Å². The molecule has 150 valence electrons. The Labute approximate surface area is 173 Å². The van der Waals surface area contributed by atoms with Crippen molar-refractivity contribution in [3.05, 3.63) is 88.7 Å². The van der Waals surface area contributed by atoms with Gasteiger partial charge in [0.15, 0.2) is 0 Å². The van der Waals surface area contributed by atoms with Crippen molar-refractivity contribution in [2.24, 2.45) is 0 Å². The topological polar surface area (TPSA) is 70.4 Å². The third-order valence-corrected chi connectivity index (χ3v) is 4.76. The number of hydrogen-bond acceptors (Lipinski definition) is 5. The summed E-state index contributed by atoms with van der Waals surface area (Å²) >= 11 is 0. The number of rotatable bonds is 5. The van der Waals surface area contributed by atoms with Gasteiger partial charge in [-0.2, -0.15) is 0 Å². The van der Waals surface area contributed by atoms with E-state index in [1.807, 2.05) is 42.5 Å². The fourth-order valence-electron chi connectivity index (χ4n) is 3.27. The molecule has 4 aromatic rings. The van der Waals surface area contributed by atoms with Gasteiger partial charge in [0.2, 0.25) is 0 Å². The minimum Gasteiger partial charge on any atom is -0.497 e. The monoisotopic (exact) mass is 400 g/mol. The quantitative estimate of drug-likeness (QED) is 0.469. The number of benzene rings is 3. The van der Waals surface area contributed by atoms with E-state index in [0.717, 1.165) is 5.56 Å². The predicted molar refractivity (Wildman–Crippen MR) is 115 cm³/mol. The molecule has 0 saturated heterocycles. The molecule has 0 aliphatic carbocycles. The Balaban J connectivity index is 1.92. The summed E-state index contributed by atoms with van der Waals surface area (Å²) in [7, 11) is 1.60. The van der Waals surface area contributed by atoms with Crippen LogP contribution in [0.2, 0.25) is 0 Å². The molecule has 0 unspecified atom stereocenters. The second kappa shape index (κ2) is 8.21. The smallest absolute Gasteiger partial charge is 0.338 e. The molecule has 4 rings (SSSR count). The van der Waals surface area contributed by atoms with E-state index in [-0.39, 0.29) is 5.56 Å². The molecule has 0 atom stereocenters. The first-order valence-corrected chi connectivity index (χ1v) is 9.56. The largest absolute Gasteiger partial charge is 0.497 e. The summed E-state index contributed by atoms with van der Waals surface area (Å²) in [5.74, 6) is 0.820. The lowest BCUT2D eigenvalue weighted by molar-refractivity contribution is 0.0526. The molecule has 0 saturated carbocycles. The molecule has 0 aliphatic rings. The van der Waals surface area contributed by atoms with Gasteiger partial charge >= 0.3 is 5.97 Å². The second-order valence-corrected chi connectivity index (χ2v) is 6.59. The van der Waals surface area contributed by atoms with Crippen molar-refractivity contribution < 1.29 is 14.3 Å². The number of esters is 1. The second-order valence-electron chi connectivity index (χ2n) is 6.59. The van der Waals surface area contributed by atoms with E-state index < -0.39 is 5.97 Å². The van der Waals surface area contributed by atoms with Crippen LogP contribution in [-0.2, 0) is 4.74 Å². The molecule has 0 bridgehead atoms. The van der Waals surface area contributed by atoms with Gasteiger partial charge in [-0.05, 0) is 67.6 Å². The number of fused-ring (bicyclic) bond motifs is 1. The number of hydrogen-bond donors (Lipinski definition) is 0. The van der Waals surface area contributed by atoms with E-state index in [2.05, 4.69) is 0 Å². The van der Waals surface area contributed by atoms with Crippen LogP contribution in [-0.4, -0.2) is 29.2 Å². The summed E-state index contributed by atoms with van der Waals surface area (Å²) in [4.78, 5) is 30.1. The molecule has 6 heteroatoms. The molecule has 0 aliphatic heterocycles. The van der Waals surface area contributed by atoms with Crippen LogP contribution < -0.4 is 10.3 Å². The number of nitrogens with zero attached hydrogens (tertiary/aromatic N) is 2. The number of carbonyl (C=O) groups is 1. The normalized spacial score (nSPS) is 10.7. The van der Waals surface area contributed by atoms with E-state index in [1.165, 1.54) is 0 Å². The maximum absolute atomic E-state index is 13.4. The molecule has 6 nitrogen and oxygen atoms in total. The number of para-hydroxylation sites is 1. The molecular weight excluding hydrogens is 380 g/mol. The molecule has 0 N–H and O–H groups in total. The predicted octanol–water partition coefficient (Wildman–Crippen LogP) is 4.24. The van der Waals surface area contributed by atoms with Crippen molar-refractivity contribution in [2.75, 3.05) is 13.7 Å². The van der Waals surface area contributed by atoms with E-state index in [0.29, 0.717) is 40.3 Å². The zero-order valence-corrected chi connectivity index (χ0v) is 16.7. The van der Waals surface area contributed by atoms with Crippen molar-refractivity contribution in [2.45, 2.75) is 6.92 Å². The summed E-state index contributed by atoms with van der Waals surface area (Å²) in [5.41, 5.74) is 2.24. The lowest BCUT2D eigenvalue weighted by atomic mass is 10.1. The molecule has 30 heavy (non-hydrogen) atoms. The maximum Gasteiger partial charge on any atom is 0.338 e. The summed E-state index contributed by atoms with van der Waals surface area (Å²) in [6.07, 6.45) is 0. The Morgan fingerprint density at radius 2 is 1.67 bits per heavy atom. The highest BCUT2D eigenvalue weighted by Gasteiger charge is 2.15. The number of carbonyl (C=O) groups excluding carboxylic acids is 1. The van der Waals surface area contributed by atoms with Gasteiger partial charge in [-0.3, -0.25) is 9.36 Å². The van der Waals surface area contributed by atoms with Gasteiger partial charge < -0.3 is 9.47 Å². The van der Waals surface area contributed by atoms with Crippen LogP contribution >= 0.6 is 0 Å². The van der Waals surface area contributed by atoms with Crippen molar-refractivity contribution in [1.29, 1.82) is 0 Å². The van der Waals surface area contributed by atoms with Gasteiger partial charge in [-0.15, -0.1) is 0 Å². The van der Waals surface area contributed by atoms with E-state index in [1.54, 1.807) is 48.9 Å². The molecule has 1 heterocycles. The van der Waals surface area contributed by atoms with Crippen molar-refractivity contribution in [3.63, 3.8) is 0 Å². The van der Waals surface area contributed by atoms with Crippen LogP contribution in [0.25, 0.3) is 28.0 Å². The minimum absolute atomic E-state index is 0.185. The van der Waals surface area contributed by atoms with E-state index in [4.69, 9.17) is 14.5 Å². The third-order valence-electron chi connectivity index (χ3n) is 4.76. The number of aromatic nitrogens is 2. The van der Waals surface area contributed by atoms with Gasteiger partial charge in [-0.1, -0.05) is 12.1 Å². The summed E-state index contributed by atoms with van der Waals surface area (Å²) < 4.78 is 11.8. The van der Waals surface area contributed by atoms with E-state index >= 15 is 0 Å². The molecule has 0 amide bonds. The zero-order chi connectivity index (χ0) is 21.1. The lowest BCUT2D eigenvalue weighted by Crippen LogP contribution is -2.22. The van der Waals surface area contributed by atoms with Crippen molar-refractivity contribution in [3.8, 4) is 22.8 Å². The van der Waals surface area contributed by atoms with Crippen LogP contribution in [0, 0.1) is 0 Å². The Bertz CT molecular complexity index is 1260. The molecule has 1 aromatic heterocycles. The first kappa shape index (κ1) is 19.4. The molecule has 0 spiro atoms. The average molecular weight is 400 g/mol. The Hall–Kier alpha value is -3.93. The fourth-order valence-corrected chi connectivity index (χ4v) is 3.27. The first-order chi connectivity index (χ1) is 14.6. The highest BCUT2D eigenvalue weighted by molar-refractivity contribution is 5.89. The highest BCUT2D eigenvalue weighted by atomic mass is 16.5. The summed E-state index contributed by atoms with van der Waals surface area (Å²) in [5, 5.41) is 0.518. The molecular formula is C24H20N2O4. The Morgan fingerprint density at radius 3 is 2.33 bits per heavy atom. The van der Waals surface area contributed by atoms with Gasteiger partial charge in [0, 0.05) is 5.56 Å². The number of ether oxygens (including phenoxy) is 2. The highest BCUT2D eigenvalue weighted by Crippen LogP contribution is 2.24. The molecule has 3 aromatic carbocycles. The SMILES string of the molecule is CCOC(=O)c1ccc(-n2c(-c3ccc(OC)cc3)nc3ccccc3c2=O)cc1.